The van der Waals surface area contributed by atoms with E-state index in [2.05, 4.69) is 27.7 Å². The molecule has 3 nitrogen and oxygen atoms in total. The Balaban J connectivity index is 4.78. The summed E-state index contributed by atoms with van der Waals surface area (Å²) < 4.78 is 5.39. The number of ketones is 1. The van der Waals surface area contributed by atoms with Crippen molar-refractivity contribution >= 4 is 11.8 Å². The SMILES string of the molecule is CCCCOC(=O)C(CCC)C(CCC)C(=O)CCCC. The standard InChI is InChI=1S/C18H34O3/c1-5-9-13-17(19)15(11-7-3)16(12-8-4)18(20)21-14-10-6-2/h15-16H,5-14H2,1-4H3. The number of Topliss-reactive ketones (excluding diaryl/α,β-unsaturated/α-hetero) is 1. The van der Waals surface area contributed by atoms with E-state index < -0.39 is 0 Å². The number of rotatable bonds is 13. The molecule has 0 rings (SSSR count). The van der Waals surface area contributed by atoms with Gasteiger partial charge in [-0.2, -0.15) is 0 Å². The molecule has 0 aromatic carbocycles. The van der Waals surface area contributed by atoms with Crippen molar-refractivity contribution < 1.29 is 14.3 Å². The molecule has 21 heavy (non-hydrogen) atoms. The van der Waals surface area contributed by atoms with Crippen molar-refractivity contribution in [3.05, 3.63) is 0 Å². The summed E-state index contributed by atoms with van der Waals surface area (Å²) in [6.45, 7) is 8.78. The van der Waals surface area contributed by atoms with Crippen LogP contribution in [0.5, 0.6) is 0 Å². The maximum atomic E-state index is 12.4. The molecule has 124 valence electrons. The van der Waals surface area contributed by atoms with Crippen molar-refractivity contribution in [1.82, 2.24) is 0 Å². The molecule has 0 aromatic rings. The highest BCUT2D eigenvalue weighted by Crippen LogP contribution is 2.27. The van der Waals surface area contributed by atoms with E-state index in [1.54, 1.807) is 0 Å². The highest BCUT2D eigenvalue weighted by Gasteiger charge is 2.32. The van der Waals surface area contributed by atoms with Crippen molar-refractivity contribution in [2.24, 2.45) is 11.8 Å². The number of carbonyl (C=O) groups is 2. The molecule has 0 heterocycles. The van der Waals surface area contributed by atoms with Gasteiger partial charge in [0.05, 0.1) is 12.5 Å². The van der Waals surface area contributed by atoms with Gasteiger partial charge in [0, 0.05) is 12.3 Å². The zero-order valence-corrected chi connectivity index (χ0v) is 14.5. The lowest BCUT2D eigenvalue weighted by atomic mass is 9.81. The third-order valence-electron chi connectivity index (χ3n) is 3.92. The van der Waals surface area contributed by atoms with E-state index in [1.165, 1.54) is 0 Å². The minimum absolute atomic E-state index is 0.143. The van der Waals surface area contributed by atoms with Crippen LogP contribution in [0.15, 0.2) is 0 Å². The first-order valence-corrected chi connectivity index (χ1v) is 8.81. The fourth-order valence-corrected chi connectivity index (χ4v) is 2.65. The summed E-state index contributed by atoms with van der Waals surface area (Å²) in [6, 6.07) is 0. The Hall–Kier alpha value is -0.860. The number of hydrogen-bond acceptors (Lipinski definition) is 3. The van der Waals surface area contributed by atoms with E-state index in [4.69, 9.17) is 4.74 Å². The third-order valence-corrected chi connectivity index (χ3v) is 3.92. The molecule has 2 unspecified atom stereocenters. The van der Waals surface area contributed by atoms with E-state index in [1.807, 2.05) is 0 Å². The van der Waals surface area contributed by atoms with Crippen LogP contribution in [0.3, 0.4) is 0 Å². The summed E-state index contributed by atoms with van der Waals surface area (Å²) in [4.78, 5) is 24.8. The van der Waals surface area contributed by atoms with Crippen LogP contribution in [0.4, 0.5) is 0 Å². The summed E-state index contributed by atoms with van der Waals surface area (Å²) in [6.07, 6.45) is 7.85. The molecule has 0 aromatic heterocycles. The molecule has 0 aliphatic carbocycles. The van der Waals surface area contributed by atoms with Crippen LogP contribution in [0, 0.1) is 11.8 Å². The van der Waals surface area contributed by atoms with Gasteiger partial charge in [0.1, 0.15) is 5.78 Å². The van der Waals surface area contributed by atoms with Crippen molar-refractivity contribution in [2.75, 3.05) is 6.61 Å². The minimum Gasteiger partial charge on any atom is -0.465 e. The first kappa shape index (κ1) is 20.1. The maximum Gasteiger partial charge on any atom is 0.309 e. The second kappa shape index (κ2) is 12.8. The Morgan fingerprint density at radius 2 is 1.38 bits per heavy atom. The second-order valence-corrected chi connectivity index (χ2v) is 5.88. The number of esters is 1. The van der Waals surface area contributed by atoms with Crippen LogP contribution in [-0.2, 0) is 14.3 Å². The lowest BCUT2D eigenvalue weighted by Gasteiger charge is -2.24. The summed E-state index contributed by atoms with van der Waals surface area (Å²) in [7, 11) is 0. The lowest BCUT2D eigenvalue weighted by Crippen LogP contribution is -2.31. The normalized spacial score (nSPS) is 13.7. The highest BCUT2D eigenvalue weighted by atomic mass is 16.5. The Labute approximate surface area is 130 Å². The molecule has 0 saturated heterocycles. The molecular formula is C18H34O3. The van der Waals surface area contributed by atoms with Gasteiger partial charge in [-0.25, -0.2) is 0 Å². The average molecular weight is 298 g/mol. The van der Waals surface area contributed by atoms with Gasteiger partial charge >= 0.3 is 5.97 Å². The van der Waals surface area contributed by atoms with Gasteiger partial charge in [-0.3, -0.25) is 9.59 Å². The largest absolute Gasteiger partial charge is 0.465 e. The number of hydrogen-bond donors (Lipinski definition) is 0. The Morgan fingerprint density at radius 3 is 1.90 bits per heavy atom. The van der Waals surface area contributed by atoms with Crippen LogP contribution in [0.2, 0.25) is 0 Å². The van der Waals surface area contributed by atoms with Crippen LogP contribution in [0.25, 0.3) is 0 Å². The quantitative estimate of drug-likeness (QED) is 0.358. The van der Waals surface area contributed by atoms with E-state index in [9.17, 15) is 9.59 Å². The monoisotopic (exact) mass is 298 g/mol. The molecule has 0 aliphatic heterocycles. The number of ether oxygens (including phenoxy) is 1. The van der Waals surface area contributed by atoms with Gasteiger partial charge in [-0.15, -0.1) is 0 Å². The van der Waals surface area contributed by atoms with Crippen molar-refractivity contribution in [3.8, 4) is 0 Å². The van der Waals surface area contributed by atoms with Gasteiger partial charge in [-0.1, -0.05) is 53.4 Å². The zero-order chi connectivity index (χ0) is 16.1. The van der Waals surface area contributed by atoms with Crippen LogP contribution in [0.1, 0.15) is 85.5 Å². The fourth-order valence-electron chi connectivity index (χ4n) is 2.65. The molecule has 0 radical (unpaired) electrons. The molecule has 0 N–H and O–H groups in total. The Bertz CT molecular complexity index is 286. The molecule has 0 spiro atoms. The van der Waals surface area contributed by atoms with E-state index >= 15 is 0 Å². The molecule has 0 aliphatic rings. The first-order valence-electron chi connectivity index (χ1n) is 8.81. The Morgan fingerprint density at radius 1 is 0.810 bits per heavy atom. The second-order valence-electron chi connectivity index (χ2n) is 5.88. The van der Waals surface area contributed by atoms with Gasteiger partial charge in [-0.05, 0) is 25.7 Å². The molecular weight excluding hydrogens is 264 g/mol. The van der Waals surface area contributed by atoms with Crippen LogP contribution in [-0.4, -0.2) is 18.4 Å². The molecule has 0 fully saturated rings. The van der Waals surface area contributed by atoms with E-state index in [-0.39, 0.29) is 23.6 Å². The molecule has 0 amide bonds. The number of carbonyl (C=O) groups excluding carboxylic acids is 2. The lowest BCUT2D eigenvalue weighted by molar-refractivity contribution is -0.153. The van der Waals surface area contributed by atoms with Crippen LogP contribution >= 0.6 is 0 Å². The number of unbranched alkanes of at least 4 members (excludes halogenated alkanes) is 2. The average Bonchev–Trinajstić information content (AvgIpc) is 2.48. The van der Waals surface area contributed by atoms with Crippen molar-refractivity contribution in [2.45, 2.75) is 85.5 Å². The van der Waals surface area contributed by atoms with Crippen molar-refractivity contribution in [3.63, 3.8) is 0 Å². The minimum atomic E-state index is -0.240. The molecule has 2 atom stereocenters. The van der Waals surface area contributed by atoms with E-state index in [0.29, 0.717) is 13.0 Å². The molecule has 0 saturated carbocycles. The topological polar surface area (TPSA) is 43.4 Å². The predicted molar refractivity (Wildman–Crippen MR) is 87.2 cm³/mol. The zero-order valence-electron chi connectivity index (χ0n) is 14.5. The summed E-state index contributed by atoms with van der Waals surface area (Å²) >= 11 is 0. The Kier molecular flexibility index (Phi) is 12.3. The highest BCUT2D eigenvalue weighted by molar-refractivity contribution is 5.86. The van der Waals surface area contributed by atoms with Gasteiger partial charge in [0.25, 0.3) is 0 Å². The maximum absolute atomic E-state index is 12.4. The van der Waals surface area contributed by atoms with Gasteiger partial charge in [0.2, 0.25) is 0 Å². The summed E-state index contributed by atoms with van der Waals surface area (Å²) in [5.41, 5.74) is 0. The summed E-state index contributed by atoms with van der Waals surface area (Å²) in [5.74, 6) is -0.287. The third kappa shape index (κ3) is 8.23. The van der Waals surface area contributed by atoms with Crippen molar-refractivity contribution in [1.29, 1.82) is 0 Å². The van der Waals surface area contributed by atoms with Gasteiger partial charge < -0.3 is 4.74 Å². The molecule has 3 heteroatoms. The summed E-state index contributed by atoms with van der Waals surface area (Å²) in [5, 5.41) is 0. The van der Waals surface area contributed by atoms with Gasteiger partial charge in [0.15, 0.2) is 0 Å². The van der Waals surface area contributed by atoms with Crippen LogP contribution < -0.4 is 0 Å². The first-order chi connectivity index (χ1) is 10.1. The smallest absolute Gasteiger partial charge is 0.309 e. The van der Waals surface area contributed by atoms with E-state index in [0.717, 1.165) is 51.4 Å². The fraction of sp³-hybridized carbons (Fsp3) is 0.889. The predicted octanol–water partition coefficient (Wildman–Crippen LogP) is 4.92. The molecule has 0 bridgehead atoms.